The third-order valence-electron chi connectivity index (χ3n) is 4.32. The molecule has 0 N–H and O–H groups in total. The Labute approximate surface area is 167 Å². The molecule has 3 aromatic rings. The van der Waals surface area contributed by atoms with Crippen molar-refractivity contribution in [3.63, 3.8) is 0 Å². The van der Waals surface area contributed by atoms with Crippen LogP contribution in [-0.2, 0) is 9.84 Å². The molecule has 6 heteroatoms. The molecule has 0 spiro atoms. The number of fused-ring (bicyclic) bond motifs is 1. The summed E-state index contributed by atoms with van der Waals surface area (Å²) in [6, 6.07) is 21.4. The van der Waals surface area contributed by atoms with Gasteiger partial charge in [-0.3, -0.25) is 0 Å². The Morgan fingerprint density at radius 2 is 1.79 bits per heavy atom. The molecule has 0 fully saturated rings. The highest BCUT2D eigenvalue weighted by Gasteiger charge is 2.21. The molecule has 0 radical (unpaired) electrons. The van der Waals surface area contributed by atoms with E-state index in [9.17, 15) is 13.7 Å². The molecule has 4 rings (SSSR count). The molecule has 1 aliphatic heterocycles. The summed E-state index contributed by atoms with van der Waals surface area (Å²) < 4.78 is 31.1. The number of allylic oxidation sites excluding steroid dienone is 1. The van der Waals surface area contributed by atoms with E-state index in [4.69, 9.17) is 4.74 Å². The fourth-order valence-electron chi connectivity index (χ4n) is 2.97. The average Bonchev–Trinajstić information content (AvgIpc) is 3.20. The molecule has 28 heavy (non-hydrogen) atoms. The Bertz CT molecular complexity index is 1230. The van der Waals surface area contributed by atoms with Crippen LogP contribution >= 0.6 is 11.3 Å². The second kappa shape index (κ2) is 7.47. The van der Waals surface area contributed by atoms with Crippen LogP contribution in [-0.4, -0.2) is 15.0 Å². The number of para-hydroxylation sites is 1. The van der Waals surface area contributed by atoms with Crippen LogP contribution in [0.2, 0.25) is 0 Å². The van der Waals surface area contributed by atoms with Gasteiger partial charge in [0.2, 0.25) is 9.84 Å². The lowest BCUT2D eigenvalue weighted by atomic mass is 10.0. The van der Waals surface area contributed by atoms with Crippen LogP contribution in [0.15, 0.2) is 82.6 Å². The molecule has 2 aromatic carbocycles. The van der Waals surface area contributed by atoms with E-state index >= 15 is 0 Å². The molecule has 0 aliphatic carbocycles. The molecule has 4 nitrogen and oxygen atoms in total. The first-order valence-corrected chi connectivity index (χ1v) is 10.8. The van der Waals surface area contributed by atoms with Crippen molar-refractivity contribution in [3.05, 3.63) is 93.0 Å². The quantitative estimate of drug-likeness (QED) is 0.579. The van der Waals surface area contributed by atoms with Gasteiger partial charge >= 0.3 is 0 Å². The minimum Gasteiger partial charge on any atom is -0.489 e. The standard InChI is InChI=1S/C22H15NO3S2/c23-15-18(28(24,25)17-6-2-1-3-7-17)14-16-10-11-22(27-16)20-12-13-26-21-9-5-4-8-19(20)21/h1-12,14H,13H2/b18-14-. The summed E-state index contributed by atoms with van der Waals surface area (Å²) >= 11 is 1.44. The fraction of sp³-hybridized carbons (Fsp3) is 0.0455. The van der Waals surface area contributed by atoms with Crippen molar-refractivity contribution in [1.29, 1.82) is 5.26 Å². The highest BCUT2D eigenvalue weighted by atomic mass is 32.2. The third-order valence-corrected chi connectivity index (χ3v) is 7.07. The van der Waals surface area contributed by atoms with Crippen molar-refractivity contribution >= 4 is 32.8 Å². The van der Waals surface area contributed by atoms with Gasteiger partial charge < -0.3 is 4.74 Å². The van der Waals surface area contributed by atoms with E-state index in [2.05, 4.69) is 0 Å². The number of sulfone groups is 1. The number of hydrogen-bond acceptors (Lipinski definition) is 5. The molecule has 2 heterocycles. The molecule has 0 amide bonds. The zero-order valence-corrected chi connectivity index (χ0v) is 16.3. The van der Waals surface area contributed by atoms with Crippen molar-refractivity contribution < 1.29 is 13.2 Å². The van der Waals surface area contributed by atoms with Gasteiger partial charge in [0.1, 0.15) is 18.4 Å². The van der Waals surface area contributed by atoms with Gasteiger partial charge in [-0.25, -0.2) is 8.42 Å². The Hall–Kier alpha value is -3.14. The molecule has 0 bridgehead atoms. The Kier molecular flexibility index (Phi) is 4.86. The van der Waals surface area contributed by atoms with Crippen LogP contribution in [0.4, 0.5) is 0 Å². The number of nitrogens with zero attached hydrogens (tertiary/aromatic N) is 1. The Morgan fingerprint density at radius 3 is 2.57 bits per heavy atom. The van der Waals surface area contributed by atoms with E-state index in [0.29, 0.717) is 11.5 Å². The van der Waals surface area contributed by atoms with Gasteiger partial charge in [0.05, 0.1) is 4.90 Å². The third kappa shape index (κ3) is 3.38. The van der Waals surface area contributed by atoms with E-state index in [0.717, 1.165) is 21.8 Å². The molecule has 0 atom stereocenters. The van der Waals surface area contributed by atoms with Crippen molar-refractivity contribution in [3.8, 4) is 11.8 Å². The molecular formula is C22H15NO3S2. The van der Waals surface area contributed by atoms with Crippen LogP contribution in [0.25, 0.3) is 11.6 Å². The van der Waals surface area contributed by atoms with Gasteiger partial charge in [0.25, 0.3) is 0 Å². The maximum atomic E-state index is 12.7. The Morgan fingerprint density at radius 1 is 1.04 bits per heavy atom. The second-order valence-electron chi connectivity index (χ2n) is 6.06. The van der Waals surface area contributed by atoms with Gasteiger partial charge in [-0.1, -0.05) is 36.4 Å². The van der Waals surface area contributed by atoms with Crippen LogP contribution in [0.1, 0.15) is 15.3 Å². The van der Waals surface area contributed by atoms with Crippen LogP contribution in [0.5, 0.6) is 5.75 Å². The van der Waals surface area contributed by atoms with Crippen molar-refractivity contribution in [1.82, 2.24) is 0 Å². The topological polar surface area (TPSA) is 67.2 Å². The monoisotopic (exact) mass is 405 g/mol. The lowest BCUT2D eigenvalue weighted by Crippen LogP contribution is -2.04. The number of thiophene rings is 1. The SMILES string of the molecule is N#C/C(=C/c1ccc(C2=CCOc3ccccc32)s1)S(=O)(=O)c1ccccc1. The van der Waals surface area contributed by atoms with Crippen molar-refractivity contribution in [2.24, 2.45) is 0 Å². The average molecular weight is 406 g/mol. The van der Waals surface area contributed by atoms with Crippen LogP contribution < -0.4 is 4.74 Å². The lowest BCUT2D eigenvalue weighted by Gasteiger charge is -2.17. The van der Waals surface area contributed by atoms with Gasteiger partial charge in [-0.2, -0.15) is 5.26 Å². The minimum atomic E-state index is -3.84. The normalized spacial score (nSPS) is 13.8. The first-order valence-electron chi connectivity index (χ1n) is 8.54. The van der Waals surface area contributed by atoms with E-state index < -0.39 is 9.84 Å². The summed E-state index contributed by atoms with van der Waals surface area (Å²) in [5, 5.41) is 9.45. The first-order chi connectivity index (χ1) is 13.6. The van der Waals surface area contributed by atoms with E-state index in [-0.39, 0.29) is 9.80 Å². The van der Waals surface area contributed by atoms with E-state index in [1.165, 1.54) is 29.5 Å². The summed E-state index contributed by atoms with van der Waals surface area (Å²) in [5.74, 6) is 0.829. The maximum Gasteiger partial charge on any atom is 0.216 e. The predicted molar refractivity (Wildman–Crippen MR) is 111 cm³/mol. The summed E-state index contributed by atoms with van der Waals surface area (Å²) in [4.78, 5) is 1.54. The largest absolute Gasteiger partial charge is 0.489 e. The van der Waals surface area contributed by atoms with E-state index in [1.54, 1.807) is 18.2 Å². The summed E-state index contributed by atoms with van der Waals surface area (Å²) in [5.41, 5.74) is 2.06. The summed E-state index contributed by atoms with van der Waals surface area (Å²) in [6.45, 7) is 0.487. The fourth-order valence-corrected chi connectivity index (χ4v) is 5.23. The second-order valence-corrected chi connectivity index (χ2v) is 9.10. The van der Waals surface area contributed by atoms with Crippen molar-refractivity contribution in [2.75, 3.05) is 6.61 Å². The van der Waals surface area contributed by atoms with E-state index in [1.807, 2.05) is 48.5 Å². The predicted octanol–water partition coefficient (Wildman–Crippen LogP) is 4.91. The number of benzene rings is 2. The zero-order valence-electron chi connectivity index (χ0n) is 14.7. The molecule has 0 unspecified atom stereocenters. The van der Waals surface area contributed by atoms with Gasteiger partial charge in [-0.15, -0.1) is 11.3 Å². The molecule has 1 aliphatic rings. The van der Waals surface area contributed by atoms with Gasteiger partial charge in [0, 0.05) is 20.9 Å². The lowest BCUT2D eigenvalue weighted by molar-refractivity contribution is 0.357. The van der Waals surface area contributed by atoms with Gasteiger partial charge in [-0.05, 0) is 42.5 Å². The number of nitriles is 1. The summed E-state index contributed by atoms with van der Waals surface area (Å²) in [7, 11) is -3.84. The maximum absolute atomic E-state index is 12.7. The highest BCUT2D eigenvalue weighted by molar-refractivity contribution is 7.95. The summed E-state index contributed by atoms with van der Waals surface area (Å²) in [6.07, 6.45) is 3.44. The Balaban J connectivity index is 1.70. The highest BCUT2D eigenvalue weighted by Crippen LogP contribution is 2.37. The minimum absolute atomic E-state index is 0.112. The zero-order chi connectivity index (χ0) is 19.6. The smallest absolute Gasteiger partial charge is 0.216 e. The number of ether oxygens (including phenoxy) is 1. The first kappa shape index (κ1) is 18.2. The molecule has 0 saturated heterocycles. The number of rotatable bonds is 4. The molecule has 1 aromatic heterocycles. The van der Waals surface area contributed by atoms with Gasteiger partial charge in [0.15, 0.2) is 4.91 Å². The van der Waals surface area contributed by atoms with Crippen LogP contribution in [0.3, 0.4) is 0 Å². The molecule has 138 valence electrons. The number of hydrogen-bond donors (Lipinski definition) is 0. The molecule has 0 saturated carbocycles. The van der Waals surface area contributed by atoms with Crippen LogP contribution in [0, 0.1) is 11.3 Å². The van der Waals surface area contributed by atoms with Crippen molar-refractivity contribution in [2.45, 2.75) is 4.90 Å². The molecular weight excluding hydrogens is 390 g/mol.